The first-order chi connectivity index (χ1) is 20.7. The number of hydrogen-bond acceptors (Lipinski definition) is 9. The Morgan fingerprint density at radius 2 is 1.89 bits per heavy atom. The lowest BCUT2D eigenvalue weighted by atomic mass is 10.0. The third kappa shape index (κ3) is 5.29. The van der Waals surface area contributed by atoms with Crippen molar-refractivity contribution in [2.24, 2.45) is 0 Å². The average molecular weight is 624 g/mol. The highest BCUT2D eigenvalue weighted by molar-refractivity contribution is 7.90. The molecule has 2 N–H and O–H groups in total. The minimum atomic E-state index is -4.00. The normalized spacial score (nSPS) is 15.7. The molecule has 0 unspecified atom stereocenters. The van der Waals surface area contributed by atoms with Crippen molar-refractivity contribution in [3.63, 3.8) is 0 Å². The van der Waals surface area contributed by atoms with Crippen LogP contribution in [-0.2, 0) is 14.6 Å². The zero-order valence-corrected chi connectivity index (χ0v) is 25.4. The van der Waals surface area contributed by atoms with E-state index < -0.39 is 37.9 Å². The summed E-state index contributed by atoms with van der Waals surface area (Å²) in [7, 11) is -4.00. The van der Waals surface area contributed by atoms with Crippen LogP contribution in [0.1, 0.15) is 32.3 Å². The van der Waals surface area contributed by atoms with E-state index in [9.17, 15) is 18.0 Å². The van der Waals surface area contributed by atoms with Crippen LogP contribution in [0.5, 0.6) is 0 Å². The monoisotopic (exact) mass is 623 g/mol. The van der Waals surface area contributed by atoms with Crippen LogP contribution in [0, 0.1) is 11.6 Å². The molecule has 1 fully saturated rings. The van der Waals surface area contributed by atoms with E-state index in [1.807, 2.05) is 20.8 Å². The lowest BCUT2D eigenvalue weighted by molar-refractivity contribution is -0.126. The van der Waals surface area contributed by atoms with Gasteiger partial charge in [-0.3, -0.25) is 4.79 Å². The number of nitrogens with zero attached hydrogens (tertiary/aromatic N) is 6. The zero-order chi connectivity index (χ0) is 32.1. The molecule has 1 amide bonds. The first kappa shape index (κ1) is 30.7. The van der Waals surface area contributed by atoms with E-state index in [1.54, 1.807) is 15.9 Å². The van der Waals surface area contributed by atoms with E-state index in [-0.39, 0.29) is 71.3 Å². The van der Waals surface area contributed by atoms with Crippen molar-refractivity contribution in [3.8, 4) is 16.9 Å². The van der Waals surface area contributed by atoms with E-state index in [0.717, 1.165) is 23.0 Å². The Labute approximate surface area is 252 Å². The van der Waals surface area contributed by atoms with Gasteiger partial charge in [0.2, 0.25) is 5.91 Å². The smallest absolute Gasteiger partial charge is 0.355 e. The number of sulfone groups is 1. The number of fused-ring (bicyclic) bond motifs is 1. The summed E-state index contributed by atoms with van der Waals surface area (Å²) in [5.74, 6) is -2.23. The van der Waals surface area contributed by atoms with Crippen molar-refractivity contribution in [1.29, 1.82) is 0 Å². The first-order valence-corrected chi connectivity index (χ1v) is 15.7. The SMILES string of the molecule is C=CC(=O)N1CCN(c2nc(=O)n(-c3c(C(C)C)ccnc3S(C)(=O)=O)c3nc(-c4c(N)cccc4F)c(F)cc23)[C@@H](C)C1. The number of benzene rings is 1. The number of anilines is 2. The standard InChI is InChI=1S/C30H31F2N7O4S/c1-6-23(40)37-12-13-38(17(4)15-37)27-19-14-21(32)25(24-20(31)8-7-9-22(24)33)35-28(19)39(30(41)36-27)26-18(16(2)3)10-11-34-29(26)44(5,42)43/h6-11,14,16-17H,1,12-13,15,33H2,2-5H3/t17-/m0/s1. The van der Waals surface area contributed by atoms with Crippen molar-refractivity contribution < 1.29 is 22.0 Å². The van der Waals surface area contributed by atoms with Gasteiger partial charge in [0.1, 0.15) is 17.3 Å². The molecule has 11 nitrogen and oxygen atoms in total. The van der Waals surface area contributed by atoms with Crippen LogP contribution in [0.3, 0.4) is 0 Å². The number of piperazine rings is 1. The minimum Gasteiger partial charge on any atom is -0.398 e. The summed E-state index contributed by atoms with van der Waals surface area (Å²) in [4.78, 5) is 42.5. The number of nitrogen functional groups attached to an aromatic ring is 1. The number of amides is 1. The molecule has 4 aromatic rings. The second-order valence-corrected chi connectivity index (χ2v) is 12.9. The Morgan fingerprint density at radius 1 is 1.16 bits per heavy atom. The Balaban J connectivity index is 1.90. The average Bonchev–Trinajstić information content (AvgIpc) is 2.96. The molecule has 1 aliphatic rings. The van der Waals surface area contributed by atoms with Gasteiger partial charge in [-0.25, -0.2) is 36.5 Å². The second kappa shape index (κ2) is 11.4. The van der Waals surface area contributed by atoms with Crippen LogP contribution in [0.2, 0.25) is 0 Å². The molecule has 3 aromatic heterocycles. The molecule has 1 atom stereocenters. The Hall–Kier alpha value is -4.72. The molecular weight excluding hydrogens is 592 g/mol. The van der Waals surface area contributed by atoms with Gasteiger partial charge < -0.3 is 15.5 Å². The quantitative estimate of drug-likeness (QED) is 0.252. The maximum atomic E-state index is 15.9. The van der Waals surface area contributed by atoms with Crippen molar-refractivity contribution in [2.45, 2.75) is 37.8 Å². The van der Waals surface area contributed by atoms with Crippen molar-refractivity contribution in [2.75, 3.05) is 36.5 Å². The van der Waals surface area contributed by atoms with Gasteiger partial charge in [0, 0.05) is 43.8 Å². The highest BCUT2D eigenvalue weighted by Crippen LogP contribution is 2.36. The van der Waals surface area contributed by atoms with E-state index in [0.29, 0.717) is 5.56 Å². The molecule has 14 heteroatoms. The van der Waals surface area contributed by atoms with E-state index >= 15 is 8.78 Å². The van der Waals surface area contributed by atoms with Gasteiger partial charge in [0.15, 0.2) is 26.3 Å². The molecule has 0 radical (unpaired) electrons. The number of rotatable bonds is 6. The van der Waals surface area contributed by atoms with Crippen LogP contribution >= 0.6 is 0 Å². The highest BCUT2D eigenvalue weighted by atomic mass is 32.2. The van der Waals surface area contributed by atoms with Crippen LogP contribution < -0.4 is 16.3 Å². The molecule has 44 heavy (non-hydrogen) atoms. The first-order valence-electron chi connectivity index (χ1n) is 13.8. The molecule has 1 aromatic carbocycles. The largest absolute Gasteiger partial charge is 0.398 e. The van der Waals surface area contributed by atoms with Gasteiger partial charge in [-0.2, -0.15) is 4.98 Å². The number of pyridine rings is 2. The number of carbonyl (C=O) groups is 1. The van der Waals surface area contributed by atoms with Crippen molar-refractivity contribution >= 4 is 38.3 Å². The molecule has 5 rings (SSSR count). The summed E-state index contributed by atoms with van der Waals surface area (Å²) in [5.41, 5.74) is 4.46. The van der Waals surface area contributed by atoms with Crippen molar-refractivity contribution in [3.05, 3.63) is 76.9 Å². The summed E-state index contributed by atoms with van der Waals surface area (Å²) in [6.45, 7) is 9.77. The minimum absolute atomic E-state index is 0.0640. The number of aromatic nitrogens is 4. The summed E-state index contributed by atoms with van der Waals surface area (Å²) < 4.78 is 57.9. The van der Waals surface area contributed by atoms with Crippen LogP contribution in [0.4, 0.5) is 20.3 Å². The molecule has 0 spiro atoms. The van der Waals surface area contributed by atoms with Gasteiger partial charge in [-0.05, 0) is 48.7 Å². The Morgan fingerprint density at radius 3 is 2.50 bits per heavy atom. The Kier molecular flexibility index (Phi) is 7.97. The topological polar surface area (TPSA) is 144 Å². The van der Waals surface area contributed by atoms with E-state index in [1.165, 1.54) is 24.4 Å². The lowest BCUT2D eigenvalue weighted by Gasteiger charge is -2.40. The predicted octanol–water partition coefficient (Wildman–Crippen LogP) is 3.45. The van der Waals surface area contributed by atoms with Crippen molar-refractivity contribution in [1.82, 2.24) is 24.4 Å². The van der Waals surface area contributed by atoms with E-state index in [2.05, 4.69) is 21.5 Å². The molecule has 230 valence electrons. The van der Waals surface area contributed by atoms with Crippen LogP contribution in [0.15, 0.2) is 59.0 Å². The number of halogens is 2. The number of nitrogens with two attached hydrogens (primary N) is 1. The fraction of sp³-hybridized carbons (Fsp3) is 0.300. The van der Waals surface area contributed by atoms with Crippen LogP contribution in [-0.4, -0.2) is 70.7 Å². The highest BCUT2D eigenvalue weighted by Gasteiger charge is 2.32. The van der Waals surface area contributed by atoms with E-state index in [4.69, 9.17) is 5.73 Å². The van der Waals surface area contributed by atoms with Crippen LogP contribution in [0.25, 0.3) is 28.0 Å². The summed E-state index contributed by atoms with van der Waals surface area (Å²) >= 11 is 0. The lowest BCUT2D eigenvalue weighted by Crippen LogP contribution is -2.54. The molecular formula is C30H31F2N7O4S. The maximum Gasteiger partial charge on any atom is 0.355 e. The number of hydrogen-bond donors (Lipinski definition) is 1. The second-order valence-electron chi connectivity index (χ2n) is 11.0. The molecule has 0 saturated carbocycles. The molecule has 1 saturated heterocycles. The Bertz CT molecular complexity index is 1980. The summed E-state index contributed by atoms with van der Waals surface area (Å²) in [6.07, 6.45) is 3.50. The fourth-order valence-electron chi connectivity index (χ4n) is 5.50. The molecule has 4 heterocycles. The van der Waals surface area contributed by atoms with Gasteiger partial charge in [-0.15, -0.1) is 0 Å². The third-order valence-electron chi connectivity index (χ3n) is 7.59. The molecule has 1 aliphatic heterocycles. The maximum absolute atomic E-state index is 15.9. The predicted molar refractivity (Wildman–Crippen MR) is 163 cm³/mol. The number of carbonyl (C=O) groups excluding carboxylic acids is 1. The van der Waals surface area contributed by atoms with Gasteiger partial charge in [0.25, 0.3) is 0 Å². The van der Waals surface area contributed by atoms with Gasteiger partial charge in [-0.1, -0.05) is 26.5 Å². The fourth-order valence-corrected chi connectivity index (χ4v) is 6.32. The molecule has 0 aliphatic carbocycles. The summed E-state index contributed by atoms with van der Waals surface area (Å²) in [6, 6.07) is 6.17. The summed E-state index contributed by atoms with van der Waals surface area (Å²) in [5, 5.41) is -0.334. The zero-order valence-electron chi connectivity index (χ0n) is 24.6. The van der Waals surface area contributed by atoms with Gasteiger partial charge in [0.05, 0.1) is 16.6 Å². The molecule has 0 bridgehead atoms. The third-order valence-corrected chi connectivity index (χ3v) is 8.59. The van der Waals surface area contributed by atoms with Gasteiger partial charge >= 0.3 is 5.69 Å².